The van der Waals surface area contributed by atoms with Crippen LogP contribution in [0.3, 0.4) is 0 Å². The lowest BCUT2D eigenvalue weighted by atomic mass is 10.2. The average Bonchev–Trinajstić information content (AvgIpc) is 3.13. The smallest absolute Gasteiger partial charge is 0.257 e. The molecule has 1 fully saturated rings. The molecule has 0 unspecified atom stereocenters. The first-order valence-corrected chi connectivity index (χ1v) is 7.46. The number of nitrogens with one attached hydrogen (secondary N) is 1. The van der Waals surface area contributed by atoms with E-state index >= 15 is 0 Å². The number of methoxy groups -OCH3 is 1. The minimum Gasteiger partial charge on any atom is -0.463 e. The summed E-state index contributed by atoms with van der Waals surface area (Å²) >= 11 is 0. The fourth-order valence-corrected chi connectivity index (χ4v) is 2.63. The summed E-state index contributed by atoms with van der Waals surface area (Å²) in [6.07, 6.45) is -0.316. The van der Waals surface area contributed by atoms with E-state index < -0.39 is 0 Å². The van der Waals surface area contributed by atoms with Gasteiger partial charge >= 0.3 is 0 Å². The van der Waals surface area contributed by atoms with Crippen LogP contribution in [0.15, 0.2) is 10.5 Å². The van der Waals surface area contributed by atoms with Gasteiger partial charge in [-0.05, 0) is 19.9 Å². The quantitative estimate of drug-likeness (QED) is 0.914. The lowest BCUT2D eigenvalue weighted by Gasteiger charge is -2.31. The van der Waals surface area contributed by atoms with E-state index in [4.69, 9.17) is 13.9 Å². The monoisotopic (exact) mass is 320 g/mol. The van der Waals surface area contributed by atoms with E-state index in [-0.39, 0.29) is 12.0 Å². The van der Waals surface area contributed by atoms with Gasteiger partial charge in [-0.25, -0.2) is 4.98 Å². The van der Waals surface area contributed by atoms with Crippen molar-refractivity contribution in [3.05, 3.63) is 34.8 Å². The maximum absolute atomic E-state index is 12.7. The summed E-state index contributed by atoms with van der Waals surface area (Å²) in [5.74, 6) is 2.46. The Hall–Kier alpha value is -2.19. The number of furan rings is 1. The highest BCUT2D eigenvalue weighted by Gasteiger charge is 2.30. The molecule has 1 aliphatic heterocycles. The molecule has 0 spiro atoms. The fraction of sp³-hybridized carbons (Fsp3) is 0.533. The zero-order valence-electron chi connectivity index (χ0n) is 13.5. The van der Waals surface area contributed by atoms with E-state index in [9.17, 15) is 4.79 Å². The van der Waals surface area contributed by atoms with Crippen molar-refractivity contribution in [1.82, 2.24) is 20.1 Å². The fourth-order valence-electron chi connectivity index (χ4n) is 2.63. The van der Waals surface area contributed by atoms with Gasteiger partial charge in [-0.15, -0.1) is 0 Å². The number of hydrogen-bond donors (Lipinski definition) is 1. The number of aryl methyl sites for hydroxylation is 2. The number of morpholine rings is 1. The van der Waals surface area contributed by atoms with Crippen LogP contribution in [-0.2, 0) is 16.1 Å². The Balaban J connectivity index is 1.74. The molecule has 2 aromatic heterocycles. The second-order valence-corrected chi connectivity index (χ2v) is 5.51. The molecule has 3 rings (SSSR count). The van der Waals surface area contributed by atoms with Gasteiger partial charge in [0.25, 0.3) is 5.91 Å². The molecule has 1 saturated heterocycles. The van der Waals surface area contributed by atoms with Gasteiger partial charge in [0.05, 0.1) is 18.7 Å². The highest BCUT2D eigenvalue weighted by Crippen LogP contribution is 2.23. The maximum atomic E-state index is 12.7. The molecule has 2 aromatic rings. The number of carbonyl (C=O) groups is 1. The molecule has 8 nitrogen and oxygen atoms in total. The lowest BCUT2D eigenvalue weighted by Crippen LogP contribution is -2.42. The van der Waals surface area contributed by atoms with Crippen LogP contribution < -0.4 is 0 Å². The van der Waals surface area contributed by atoms with Crippen molar-refractivity contribution in [2.45, 2.75) is 26.6 Å². The van der Waals surface area contributed by atoms with E-state index in [1.54, 1.807) is 25.0 Å². The Morgan fingerprint density at radius 1 is 1.52 bits per heavy atom. The van der Waals surface area contributed by atoms with Gasteiger partial charge in [0, 0.05) is 13.7 Å². The number of H-pyrrole nitrogens is 1. The topological polar surface area (TPSA) is 93.5 Å². The number of carbonyl (C=O) groups excluding carboxylic acids is 1. The van der Waals surface area contributed by atoms with Crippen LogP contribution in [0.2, 0.25) is 0 Å². The van der Waals surface area contributed by atoms with Crippen molar-refractivity contribution >= 4 is 5.91 Å². The molecular weight excluding hydrogens is 300 g/mol. The van der Waals surface area contributed by atoms with Gasteiger partial charge in [-0.2, -0.15) is 5.10 Å². The van der Waals surface area contributed by atoms with Crippen LogP contribution in [0.4, 0.5) is 0 Å². The van der Waals surface area contributed by atoms with Gasteiger partial charge in [-0.1, -0.05) is 0 Å². The summed E-state index contributed by atoms with van der Waals surface area (Å²) < 4.78 is 16.3. The van der Waals surface area contributed by atoms with Crippen molar-refractivity contribution in [2.75, 3.05) is 26.8 Å². The summed E-state index contributed by atoms with van der Waals surface area (Å²) in [6, 6.07) is 1.74. The molecule has 124 valence electrons. The minimum absolute atomic E-state index is 0.0749. The van der Waals surface area contributed by atoms with Crippen molar-refractivity contribution < 1.29 is 18.7 Å². The van der Waals surface area contributed by atoms with E-state index in [2.05, 4.69) is 15.2 Å². The normalized spacial score (nSPS) is 18.4. The maximum Gasteiger partial charge on any atom is 0.257 e. The molecule has 0 bridgehead atoms. The summed E-state index contributed by atoms with van der Waals surface area (Å²) in [5, 5.41) is 6.91. The van der Waals surface area contributed by atoms with Crippen LogP contribution >= 0.6 is 0 Å². The van der Waals surface area contributed by atoms with Gasteiger partial charge in [-0.3, -0.25) is 9.89 Å². The van der Waals surface area contributed by atoms with Gasteiger partial charge < -0.3 is 18.8 Å². The first kappa shape index (κ1) is 15.7. The third-order valence-electron chi connectivity index (χ3n) is 3.74. The highest BCUT2D eigenvalue weighted by atomic mass is 16.5. The molecule has 23 heavy (non-hydrogen) atoms. The van der Waals surface area contributed by atoms with Gasteiger partial charge in [0.1, 0.15) is 30.1 Å². The largest absolute Gasteiger partial charge is 0.463 e. The molecular formula is C15H20N4O4. The molecule has 0 saturated carbocycles. The SMILES string of the molecule is COCc1cc(C(=O)N2CCO[C@@H](c3n[nH]c(C)n3)C2)c(C)o1. The molecule has 1 N–H and O–H groups in total. The second kappa shape index (κ2) is 6.51. The Morgan fingerprint density at radius 3 is 3.04 bits per heavy atom. The first-order valence-electron chi connectivity index (χ1n) is 7.46. The number of amides is 1. The van der Waals surface area contributed by atoms with E-state index in [0.29, 0.717) is 49.2 Å². The van der Waals surface area contributed by atoms with Crippen molar-refractivity contribution in [3.63, 3.8) is 0 Å². The number of nitrogens with zero attached hydrogens (tertiary/aromatic N) is 3. The minimum atomic E-state index is -0.316. The van der Waals surface area contributed by atoms with E-state index in [0.717, 1.165) is 5.82 Å². The standard InChI is InChI=1S/C15H20N4O4/c1-9-12(6-11(23-9)8-21-3)15(20)19-4-5-22-13(7-19)14-16-10(2)17-18-14/h6,13H,4-5,7-8H2,1-3H3,(H,16,17,18)/t13-/m1/s1. The van der Waals surface area contributed by atoms with Crippen LogP contribution in [0.5, 0.6) is 0 Å². The van der Waals surface area contributed by atoms with Gasteiger partial charge in [0.15, 0.2) is 5.82 Å². The summed E-state index contributed by atoms with van der Waals surface area (Å²) in [4.78, 5) is 18.8. The third-order valence-corrected chi connectivity index (χ3v) is 3.74. The zero-order valence-corrected chi connectivity index (χ0v) is 13.5. The number of rotatable bonds is 4. The molecule has 0 aromatic carbocycles. The van der Waals surface area contributed by atoms with Crippen molar-refractivity contribution in [2.24, 2.45) is 0 Å². The number of hydrogen-bond acceptors (Lipinski definition) is 6. The summed E-state index contributed by atoms with van der Waals surface area (Å²) in [7, 11) is 1.59. The third kappa shape index (κ3) is 3.27. The predicted molar refractivity (Wildman–Crippen MR) is 79.9 cm³/mol. The summed E-state index contributed by atoms with van der Waals surface area (Å²) in [5.41, 5.74) is 0.559. The van der Waals surface area contributed by atoms with Crippen molar-refractivity contribution in [1.29, 1.82) is 0 Å². The van der Waals surface area contributed by atoms with E-state index in [1.165, 1.54) is 0 Å². The Labute approximate surface area is 133 Å². The average molecular weight is 320 g/mol. The van der Waals surface area contributed by atoms with Crippen LogP contribution in [-0.4, -0.2) is 52.8 Å². The molecule has 1 aliphatic rings. The summed E-state index contributed by atoms with van der Waals surface area (Å²) in [6.45, 7) is 5.35. The molecule has 1 amide bonds. The van der Waals surface area contributed by atoms with Crippen LogP contribution in [0.25, 0.3) is 0 Å². The molecule has 0 radical (unpaired) electrons. The zero-order chi connectivity index (χ0) is 16.4. The molecule has 0 aliphatic carbocycles. The molecule has 3 heterocycles. The number of ether oxygens (including phenoxy) is 2. The number of aromatic nitrogens is 3. The van der Waals surface area contributed by atoms with E-state index in [1.807, 2.05) is 6.92 Å². The lowest BCUT2D eigenvalue weighted by molar-refractivity contribution is -0.0267. The van der Waals surface area contributed by atoms with Crippen molar-refractivity contribution in [3.8, 4) is 0 Å². The Bertz CT molecular complexity index is 693. The highest BCUT2D eigenvalue weighted by molar-refractivity contribution is 5.95. The molecule has 1 atom stereocenters. The second-order valence-electron chi connectivity index (χ2n) is 5.51. The van der Waals surface area contributed by atoms with Crippen LogP contribution in [0.1, 0.15) is 39.6 Å². The number of aromatic amines is 1. The predicted octanol–water partition coefficient (Wildman–Crippen LogP) is 1.37. The Morgan fingerprint density at radius 2 is 2.35 bits per heavy atom. The molecule has 8 heteroatoms. The van der Waals surface area contributed by atoms with Gasteiger partial charge in [0.2, 0.25) is 0 Å². The Kier molecular flexibility index (Phi) is 4.44. The first-order chi connectivity index (χ1) is 11.1. The van der Waals surface area contributed by atoms with Crippen LogP contribution in [0, 0.1) is 13.8 Å².